The lowest BCUT2D eigenvalue weighted by Crippen LogP contribution is -2.40. The Kier molecular flexibility index (Phi) is 6.30. The second-order valence-electron chi connectivity index (χ2n) is 8.12. The quantitative estimate of drug-likeness (QED) is 0.578. The maximum absolute atomic E-state index is 12.3. The molecule has 0 unspecified atom stereocenters. The first-order valence-corrected chi connectivity index (χ1v) is 10.9. The zero-order valence-electron chi connectivity index (χ0n) is 18.1. The summed E-state index contributed by atoms with van der Waals surface area (Å²) < 4.78 is 13.3. The summed E-state index contributed by atoms with van der Waals surface area (Å²) in [5, 5.41) is 0. The minimum absolute atomic E-state index is 0.379. The average molecular weight is 424 g/mol. The normalized spacial score (nSPS) is 16.3. The Balaban J connectivity index is 1.35. The van der Waals surface area contributed by atoms with E-state index in [2.05, 4.69) is 35.3 Å². The highest BCUT2D eigenvalue weighted by Crippen LogP contribution is 2.32. The van der Waals surface area contributed by atoms with Crippen LogP contribution in [0.15, 0.2) is 30.3 Å². The molecule has 1 aromatic carbocycles. The Bertz CT molecular complexity index is 1000. The standard InChI is InChI=1S/C24H29N3O4/c1-16-14-18(17(2)27(16)20-6-4-3-5-7-20)9-11-23(28)25-26-24(29)19-8-10-21-22(15-19)31-13-12-30-21/h8-11,14-15,20H,3-7,12-13H2,1-2H3,(H,25,28)(H,26,29)/b11-9+. The van der Waals surface area contributed by atoms with E-state index in [1.807, 2.05) is 0 Å². The Hall–Kier alpha value is -3.22. The van der Waals surface area contributed by atoms with Gasteiger partial charge in [0.2, 0.25) is 0 Å². The second kappa shape index (κ2) is 9.29. The van der Waals surface area contributed by atoms with Crippen LogP contribution in [-0.4, -0.2) is 29.6 Å². The molecule has 2 N–H and O–H groups in total. The smallest absolute Gasteiger partial charge is 0.269 e. The van der Waals surface area contributed by atoms with Crippen molar-refractivity contribution in [1.82, 2.24) is 15.4 Å². The number of rotatable bonds is 4. The first kappa shape index (κ1) is 21.0. The predicted octanol–water partition coefficient (Wildman–Crippen LogP) is 3.86. The maximum Gasteiger partial charge on any atom is 0.269 e. The lowest BCUT2D eigenvalue weighted by atomic mass is 9.95. The molecular formula is C24H29N3O4. The number of carbonyl (C=O) groups excluding carboxylic acids is 2. The van der Waals surface area contributed by atoms with Gasteiger partial charge in [-0.1, -0.05) is 19.3 Å². The minimum atomic E-state index is -0.422. The molecule has 2 aliphatic rings. The molecule has 1 saturated carbocycles. The highest BCUT2D eigenvalue weighted by atomic mass is 16.6. The number of nitrogens with one attached hydrogen (secondary N) is 2. The van der Waals surface area contributed by atoms with Crippen molar-refractivity contribution >= 4 is 17.9 Å². The highest BCUT2D eigenvalue weighted by molar-refractivity contribution is 5.98. The minimum Gasteiger partial charge on any atom is -0.486 e. The number of benzene rings is 1. The van der Waals surface area contributed by atoms with Crippen molar-refractivity contribution in [2.45, 2.75) is 52.0 Å². The number of hydrazine groups is 1. The van der Waals surface area contributed by atoms with Crippen molar-refractivity contribution in [3.63, 3.8) is 0 Å². The van der Waals surface area contributed by atoms with Crippen molar-refractivity contribution < 1.29 is 19.1 Å². The van der Waals surface area contributed by atoms with E-state index in [0.717, 1.165) is 5.56 Å². The Morgan fingerprint density at radius 2 is 1.74 bits per heavy atom. The molecule has 0 saturated heterocycles. The molecule has 7 nitrogen and oxygen atoms in total. The predicted molar refractivity (Wildman–Crippen MR) is 118 cm³/mol. The van der Waals surface area contributed by atoms with Gasteiger partial charge in [0, 0.05) is 29.1 Å². The van der Waals surface area contributed by atoms with Gasteiger partial charge in [0.1, 0.15) is 13.2 Å². The fraction of sp³-hybridized carbons (Fsp3) is 0.417. The molecule has 0 radical (unpaired) electrons. The number of nitrogens with zero attached hydrogens (tertiary/aromatic N) is 1. The third-order valence-corrected chi connectivity index (χ3v) is 5.98. The van der Waals surface area contributed by atoms with E-state index in [-0.39, 0.29) is 0 Å². The summed E-state index contributed by atoms with van der Waals surface area (Å²) in [5.41, 5.74) is 8.66. The van der Waals surface area contributed by atoms with Gasteiger partial charge in [-0.25, -0.2) is 0 Å². The van der Waals surface area contributed by atoms with E-state index in [1.165, 1.54) is 49.6 Å². The van der Waals surface area contributed by atoms with Crippen LogP contribution >= 0.6 is 0 Å². The van der Waals surface area contributed by atoms with E-state index < -0.39 is 11.8 Å². The molecule has 1 fully saturated rings. The van der Waals surface area contributed by atoms with Crippen LogP contribution in [0.2, 0.25) is 0 Å². The SMILES string of the molecule is Cc1cc(/C=C/C(=O)NNC(=O)c2ccc3c(c2)OCCO3)c(C)n1C1CCCCC1. The molecule has 2 heterocycles. The van der Waals surface area contributed by atoms with Gasteiger partial charge in [0.25, 0.3) is 11.8 Å². The van der Waals surface area contributed by atoms with Crippen LogP contribution < -0.4 is 20.3 Å². The van der Waals surface area contributed by atoms with Crippen LogP contribution in [0.1, 0.15) is 65.5 Å². The number of hydrogen-bond donors (Lipinski definition) is 2. The van der Waals surface area contributed by atoms with Gasteiger partial charge >= 0.3 is 0 Å². The van der Waals surface area contributed by atoms with Gasteiger partial charge in [0.05, 0.1) is 0 Å². The molecule has 164 valence electrons. The number of aryl methyl sites for hydroxylation is 1. The summed E-state index contributed by atoms with van der Waals surface area (Å²) in [7, 11) is 0. The molecule has 1 aromatic heterocycles. The number of hydrogen-bond acceptors (Lipinski definition) is 4. The average Bonchev–Trinajstić information content (AvgIpc) is 3.09. The number of ether oxygens (including phenoxy) is 2. The molecule has 0 atom stereocenters. The molecule has 2 aromatic rings. The highest BCUT2D eigenvalue weighted by Gasteiger charge is 2.19. The van der Waals surface area contributed by atoms with E-state index in [1.54, 1.807) is 24.3 Å². The molecule has 7 heteroatoms. The van der Waals surface area contributed by atoms with Crippen LogP contribution in [0.5, 0.6) is 11.5 Å². The summed E-state index contributed by atoms with van der Waals surface area (Å²) in [4.78, 5) is 24.6. The van der Waals surface area contributed by atoms with Crippen molar-refractivity contribution in [2.75, 3.05) is 13.2 Å². The molecular weight excluding hydrogens is 394 g/mol. The molecule has 0 bridgehead atoms. The summed E-state index contributed by atoms with van der Waals surface area (Å²) in [5.74, 6) is 0.321. The van der Waals surface area contributed by atoms with Crippen LogP contribution in [0.3, 0.4) is 0 Å². The van der Waals surface area contributed by atoms with E-state index in [0.29, 0.717) is 36.3 Å². The van der Waals surface area contributed by atoms with E-state index >= 15 is 0 Å². The van der Waals surface area contributed by atoms with Gasteiger partial charge in [-0.15, -0.1) is 0 Å². The fourth-order valence-electron chi connectivity index (χ4n) is 4.45. The van der Waals surface area contributed by atoms with Gasteiger partial charge in [-0.2, -0.15) is 0 Å². The van der Waals surface area contributed by atoms with Crippen molar-refractivity contribution in [1.29, 1.82) is 0 Å². The molecule has 1 aliphatic carbocycles. The third-order valence-electron chi connectivity index (χ3n) is 5.98. The van der Waals surface area contributed by atoms with Crippen molar-refractivity contribution in [2.24, 2.45) is 0 Å². The Labute approximate surface area is 182 Å². The number of aromatic nitrogens is 1. The van der Waals surface area contributed by atoms with Gasteiger partial charge in [-0.05, 0) is 62.6 Å². The number of carbonyl (C=O) groups is 2. The lowest BCUT2D eigenvalue weighted by molar-refractivity contribution is -0.117. The van der Waals surface area contributed by atoms with Crippen molar-refractivity contribution in [3.05, 3.63) is 52.9 Å². The topological polar surface area (TPSA) is 81.6 Å². The summed E-state index contributed by atoms with van der Waals surface area (Å²) in [6, 6.07) is 7.58. The first-order chi connectivity index (χ1) is 15.0. The number of fused-ring (bicyclic) bond motifs is 1. The maximum atomic E-state index is 12.3. The van der Waals surface area contributed by atoms with Crippen LogP contribution in [0, 0.1) is 13.8 Å². The van der Waals surface area contributed by atoms with Gasteiger partial charge in [-0.3, -0.25) is 20.4 Å². The lowest BCUT2D eigenvalue weighted by Gasteiger charge is -2.26. The molecule has 0 spiro atoms. The van der Waals surface area contributed by atoms with Gasteiger partial charge in [0.15, 0.2) is 11.5 Å². The fourth-order valence-corrected chi connectivity index (χ4v) is 4.45. The zero-order valence-corrected chi connectivity index (χ0v) is 18.1. The molecule has 2 amide bonds. The summed E-state index contributed by atoms with van der Waals surface area (Å²) in [6.45, 7) is 5.15. The zero-order chi connectivity index (χ0) is 21.8. The first-order valence-electron chi connectivity index (χ1n) is 10.9. The van der Waals surface area contributed by atoms with Crippen LogP contribution in [-0.2, 0) is 4.79 Å². The van der Waals surface area contributed by atoms with E-state index in [9.17, 15) is 9.59 Å². The Morgan fingerprint density at radius 1 is 1.00 bits per heavy atom. The van der Waals surface area contributed by atoms with Crippen LogP contribution in [0.4, 0.5) is 0 Å². The van der Waals surface area contributed by atoms with Gasteiger partial charge < -0.3 is 14.0 Å². The third kappa shape index (κ3) is 4.76. The summed E-state index contributed by atoms with van der Waals surface area (Å²) >= 11 is 0. The second-order valence-corrected chi connectivity index (χ2v) is 8.12. The molecule has 31 heavy (non-hydrogen) atoms. The largest absolute Gasteiger partial charge is 0.486 e. The van der Waals surface area contributed by atoms with Crippen molar-refractivity contribution in [3.8, 4) is 11.5 Å². The molecule has 1 aliphatic heterocycles. The van der Waals surface area contributed by atoms with Crippen LogP contribution in [0.25, 0.3) is 6.08 Å². The number of amides is 2. The summed E-state index contributed by atoms with van der Waals surface area (Å²) in [6.07, 6.45) is 9.54. The monoisotopic (exact) mass is 423 g/mol. The Morgan fingerprint density at radius 3 is 2.52 bits per heavy atom. The molecule has 4 rings (SSSR count). The van der Waals surface area contributed by atoms with E-state index in [4.69, 9.17) is 9.47 Å².